The molecule has 1 aliphatic heterocycles. The first-order valence-corrected chi connectivity index (χ1v) is 11.8. The largest absolute Gasteiger partial charge is 0.493 e. The normalized spacial score (nSPS) is 18.0. The highest BCUT2D eigenvalue weighted by atomic mass is 35.5. The molecule has 8 nitrogen and oxygen atoms in total. The van der Waals surface area contributed by atoms with Crippen molar-refractivity contribution in [2.75, 3.05) is 38.9 Å². The smallest absolute Gasteiger partial charge is 0.308 e. The Morgan fingerprint density at radius 2 is 1.91 bits per heavy atom. The van der Waals surface area contributed by atoms with Crippen molar-refractivity contribution in [3.63, 3.8) is 0 Å². The van der Waals surface area contributed by atoms with Crippen LogP contribution < -0.4 is 14.4 Å². The minimum atomic E-state index is -1.14. The maximum absolute atomic E-state index is 13.8. The molecule has 9 heteroatoms. The van der Waals surface area contributed by atoms with Gasteiger partial charge in [-0.1, -0.05) is 37.6 Å². The SMILES string of the molecule is CCOC(=O)CC1OC(c2cccc(OC)c2OC)c2cc(Cl)ccc2N(CC(C)(C)CO)C1=O. The second-order valence-corrected chi connectivity index (χ2v) is 9.48. The van der Waals surface area contributed by atoms with Crippen LogP contribution in [0.25, 0.3) is 0 Å². The van der Waals surface area contributed by atoms with E-state index in [0.717, 1.165) is 0 Å². The number of nitrogens with zero attached hydrogens (tertiary/aromatic N) is 1. The van der Waals surface area contributed by atoms with Crippen molar-refractivity contribution in [1.82, 2.24) is 0 Å². The number of carbonyl (C=O) groups is 2. The molecule has 2 aromatic rings. The zero-order valence-electron chi connectivity index (χ0n) is 20.7. The van der Waals surface area contributed by atoms with Gasteiger partial charge >= 0.3 is 5.97 Å². The van der Waals surface area contributed by atoms with Crippen LogP contribution in [0.4, 0.5) is 5.69 Å². The standard InChI is InChI=1S/C26H32ClNO7/c1-6-34-22(30)13-21-25(31)28(14-26(2,3)15-29)19-11-10-16(27)12-18(19)23(35-21)17-8-7-9-20(32-4)24(17)33-5/h7-12,21,23,29H,6,13-15H2,1-5H3. The van der Waals surface area contributed by atoms with E-state index >= 15 is 0 Å². The van der Waals surface area contributed by atoms with Crippen LogP contribution in [0.1, 0.15) is 44.4 Å². The lowest BCUT2D eigenvalue weighted by atomic mass is 9.92. The first-order chi connectivity index (χ1) is 16.6. The fraction of sp³-hybridized carbons (Fsp3) is 0.462. The summed E-state index contributed by atoms with van der Waals surface area (Å²) in [5.74, 6) is -0.0227. The predicted molar refractivity (Wildman–Crippen MR) is 132 cm³/mol. The number of carbonyl (C=O) groups excluding carboxylic acids is 2. The highest BCUT2D eigenvalue weighted by molar-refractivity contribution is 6.30. The van der Waals surface area contributed by atoms with Crippen LogP contribution in [-0.4, -0.2) is 57.1 Å². The molecule has 35 heavy (non-hydrogen) atoms. The third kappa shape index (κ3) is 5.89. The van der Waals surface area contributed by atoms with Gasteiger partial charge in [0.15, 0.2) is 11.5 Å². The molecule has 1 aliphatic rings. The van der Waals surface area contributed by atoms with E-state index in [1.165, 1.54) is 14.2 Å². The van der Waals surface area contributed by atoms with Crippen LogP contribution in [-0.2, 0) is 19.1 Å². The van der Waals surface area contributed by atoms with Crippen LogP contribution in [0.3, 0.4) is 0 Å². The van der Waals surface area contributed by atoms with Gasteiger partial charge in [0.25, 0.3) is 5.91 Å². The Morgan fingerprint density at radius 1 is 1.17 bits per heavy atom. The fourth-order valence-electron chi connectivity index (χ4n) is 4.08. The quantitative estimate of drug-likeness (QED) is 0.511. The molecule has 2 atom stereocenters. The van der Waals surface area contributed by atoms with Crippen molar-refractivity contribution in [2.45, 2.75) is 39.4 Å². The van der Waals surface area contributed by atoms with E-state index in [-0.39, 0.29) is 26.2 Å². The molecular weight excluding hydrogens is 474 g/mol. The first-order valence-electron chi connectivity index (χ1n) is 11.4. The molecule has 1 amide bonds. The molecular formula is C26H32ClNO7. The lowest BCUT2D eigenvalue weighted by Crippen LogP contribution is -2.46. The highest BCUT2D eigenvalue weighted by Gasteiger charge is 2.40. The Morgan fingerprint density at radius 3 is 2.54 bits per heavy atom. The van der Waals surface area contributed by atoms with E-state index in [2.05, 4.69) is 0 Å². The minimum Gasteiger partial charge on any atom is -0.493 e. The number of methoxy groups -OCH3 is 2. The number of hydrogen-bond donors (Lipinski definition) is 1. The van der Waals surface area contributed by atoms with Crippen molar-refractivity contribution in [1.29, 1.82) is 0 Å². The van der Waals surface area contributed by atoms with Gasteiger partial charge in [-0.3, -0.25) is 9.59 Å². The molecule has 0 bridgehead atoms. The molecule has 2 aromatic carbocycles. The maximum Gasteiger partial charge on any atom is 0.308 e. The number of aliphatic hydroxyl groups is 1. The molecule has 1 heterocycles. The predicted octanol–water partition coefficient (Wildman–Crippen LogP) is 4.15. The van der Waals surface area contributed by atoms with Crippen molar-refractivity contribution in [3.8, 4) is 11.5 Å². The molecule has 1 N–H and O–H groups in total. The number of fused-ring (bicyclic) bond motifs is 1. The fourth-order valence-corrected chi connectivity index (χ4v) is 4.26. The molecule has 0 aliphatic carbocycles. The Labute approximate surface area is 210 Å². The summed E-state index contributed by atoms with van der Waals surface area (Å²) in [6, 6.07) is 10.5. The van der Waals surface area contributed by atoms with Crippen LogP contribution >= 0.6 is 11.6 Å². The summed E-state index contributed by atoms with van der Waals surface area (Å²) >= 11 is 6.39. The summed E-state index contributed by atoms with van der Waals surface area (Å²) in [7, 11) is 3.06. The van der Waals surface area contributed by atoms with Crippen LogP contribution in [0.15, 0.2) is 36.4 Å². The van der Waals surface area contributed by atoms with E-state index in [1.807, 2.05) is 19.9 Å². The van der Waals surface area contributed by atoms with Crippen molar-refractivity contribution >= 4 is 29.2 Å². The van der Waals surface area contributed by atoms with Crippen LogP contribution in [0.5, 0.6) is 11.5 Å². The van der Waals surface area contributed by atoms with Gasteiger partial charge in [-0.25, -0.2) is 0 Å². The summed E-state index contributed by atoms with van der Waals surface area (Å²) in [4.78, 5) is 27.8. The van der Waals surface area contributed by atoms with Gasteiger partial charge in [0, 0.05) is 40.4 Å². The first kappa shape index (κ1) is 26.8. The second kappa shape index (κ2) is 11.3. The lowest BCUT2D eigenvalue weighted by molar-refractivity contribution is -0.151. The topological polar surface area (TPSA) is 94.5 Å². The van der Waals surface area contributed by atoms with Gasteiger partial charge in [-0.15, -0.1) is 0 Å². The van der Waals surface area contributed by atoms with E-state index < -0.39 is 29.5 Å². The molecule has 0 saturated carbocycles. The molecule has 0 radical (unpaired) electrons. The van der Waals surface area contributed by atoms with Gasteiger partial charge in [-0.05, 0) is 31.2 Å². The van der Waals surface area contributed by atoms with Gasteiger partial charge in [-0.2, -0.15) is 0 Å². The molecule has 0 spiro atoms. The third-order valence-corrected chi connectivity index (χ3v) is 6.03. The lowest BCUT2D eigenvalue weighted by Gasteiger charge is -2.32. The summed E-state index contributed by atoms with van der Waals surface area (Å²) < 4.78 is 22.6. The van der Waals surface area contributed by atoms with Crippen molar-refractivity contribution in [2.24, 2.45) is 5.41 Å². The molecule has 0 aromatic heterocycles. The number of ether oxygens (including phenoxy) is 4. The van der Waals surface area contributed by atoms with E-state index in [1.54, 1.807) is 42.2 Å². The molecule has 190 valence electrons. The number of amides is 1. The Bertz CT molecular complexity index is 1070. The number of anilines is 1. The second-order valence-electron chi connectivity index (χ2n) is 9.05. The average molecular weight is 506 g/mol. The number of benzene rings is 2. The summed E-state index contributed by atoms with van der Waals surface area (Å²) in [6.07, 6.45) is -2.22. The molecule has 0 saturated heterocycles. The minimum absolute atomic E-state index is 0.143. The number of esters is 1. The van der Waals surface area contributed by atoms with Gasteiger partial charge < -0.3 is 29.0 Å². The number of halogens is 1. The van der Waals surface area contributed by atoms with E-state index in [4.69, 9.17) is 30.5 Å². The van der Waals surface area contributed by atoms with Crippen molar-refractivity contribution < 1.29 is 33.6 Å². The van der Waals surface area contributed by atoms with E-state index in [9.17, 15) is 14.7 Å². The monoisotopic (exact) mass is 505 g/mol. The van der Waals surface area contributed by atoms with Crippen LogP contribution in [0, 0.1) is 5.41 Å². The average Bonchev–Trinajstić information content (AvgIpc) is 2.93. The Kier molecular flexibility index (Phi) is 8.64. The molecule has 3 rings (SSSR count). The van der Waals surface area contributed by atoms with Crippen LogP contribution in [0.2, 0.25) is 5.02 Å². The summed E-state index contributed by atoms with van der Waals surface area (Å²) in [6.45, 7) is 5.64. The molecule has 0 fully saturated rings. The third-order valence-electron chi connectivity index (χ3n) is 5.79. The molecule has 2 unspecified atom stereocenters. The number of rotatable bonds is 9. The van der Waals surface area contributed by atoms with Gasteiger partial charge in [0.05, 0.1) is 27.2 Å². The van der Waals surface area contributed by atoms with Gasteiger partial charge in [0.2, 0.25) is 0 Å². The summed E-state index contributed by atoms with van der Waals surface area (Å²) in [5, 5.41) is 10.4. The Hall–Kier alpha value is -2.81. The summed E-state index contributed by atoms with van der Waals surface area (Å²) in [5.41, 5.74) is 1.19. The number of aliphatic hydroxyl groups excluding tert-OH is 1. The van der Waals surface area contributed by atoms with Crippen molar-refractivity contribution in [3.05, 3.63) is 52.5 Å². The highest BCUT2D eigenvalue weighted by Crippen LogP contribution is 2.45. The van der Waals surface area contributed by atoms with E-state index in [0.29, 0.717) is 33.3 Å². The maximum atomic E-state index is 13.8. The van der Waals surface area contributed by atoms with Gasteiger partial charge in [0.1, 0.15) is 12.2 Å². The number of hydrogen-bond acceptors (Lipinski definition) is 7. The zero-order valence-corrected chi connectivity index (χ0v) is 21.4. The Balaban J connectivity index is 2.23. The number of para-hydroxylation sites is 1. The zero-order chi connectivity index (χ0) is 25.8.